The topological polar surface area (TPSA) is 61.4 Å². The first kappa shape index (κ1) is 16.2. The minimum absolute atomic E-state index is 0.0283. The summed E-state index contributed by atoms with van der Waals surface area (Å²) in [4.78, 5) is 25.6. The number of carbonyl (C=O) groups is 2. The molecule has 2 rings (SSSR count). The molecule has 1 saturated heterocycles. The summed E-state index contributed by atoms with van der Waals surface area (Å²) in [6.45, 7) is 2.48. The third-order valence-corrected chi connectivity index (χ3v) is 3.99. The summed E-state index contributed by atoms with van der Waals surface area (Å²) >= 11 is 8.99. The van der Waals surface area contributed by atoms with Crippen LogP contribution in [-0.4, -0.2) is 42.9 Å². The smallest absolute Gasteiger partial charge is 0.313 e. The van der Waals surface area contributed by atoms with Gasteiger partial charge in [0.15, 0.2) is 0 Å². The Balaban J connectivity index is 2.08. The molecule has 0 aliphatic carbocycles. The van der Waals surface area contributed by atoms with Crippen molar-refractivity contribution in [2.24, 2.45) is 0 Å². The van der Waals surface area contributed by atoms with Gasteiger partial charge in [0.25, 0.3) is 0 Å². The van der Waals surface area contributed by atoms with E-state index >= 15 is 0 Å². The van der Waals surface area contributed by atoms with Crippen LogP contribution in [0.15, 0.2) is 16.6 Å². The Bertz CT molecular complexity index is 539. The van der Waals surface area contributed by atoms with Crippen molar-refractivity contribution in [2.45, 2.75) is 6.42 Å². The Labute approximate surface area is 134 Å². The van der Waals surface area contributed by atoms with Gasteiger partial charge in [0, 0.05) is 24.1 Å². The van der Waals surface area contributed by atoms with Crippen LogP contribution in [0.25, 0.3) is 0 Å². The fourth-order valence-electron chi connectivity index (χ4n) is 2.02. The minimum atomic E-state index is -0.786. The minimum Gasteiger partial charge on any atom is -0.333 e. The van der Waals surface area contributed by atoms with Gasteiger partial charge in [-0.3, -0.25) is 9.59 Å². The number of anilines is 1. The molecule has 0 bridgehead atoms. The highest BCUT2D eigenvalue weighted by molar-refractivity contribution is 9.10. The molecule has 1 aromatic rings. The average molecular weight is 379 g/mol. The molecule has 8 heteroatoms. The van der Waals surface area contributed by atoms with Gasteiger partial charge in [-0.1, -0.05) is 11.6 Å². The van der Waals surface area contributed by atoms with Crippen LogP contribution in [-0.2, 0) is 9.59 Å². The van der Waals surface area contributed by atoms with E-state index in [-0.39, 0.29) is 15.2 Å². The molecule has 2 amide bonds. The summed E-state index contributed by atoms with van der Waals surface area (Å²) in [5.41, 5.74) is 0.185. The number of hydrogen-bond donors (Lipinski definition) is 2. The van der Waals surface area contributed by atoms with Gasteiger partial charge in [-0.25, -0.2) is 4.39 Å². The van der Waals surface area contributed by atoms with Crippen LogP contribution in [0.4, 0.5) is 10.1 Å². The number of amides is 2. The first-order valence-corrected chi connectivity index (χ1v) is 7.61. The molecule has 5 nitrogen and oxygen atoms in total. The van der Waals surface area contributed by atoms with Gasteiger partial charge in [-0.05, 0) is 41.0 Å². The van der Waals surface area contributed by atoms with Gasteiger partial charge in [0.2, 0.25) is 0 Å². The number of rotatable bonds is 1. The second-order valence-electron chi connectivity index (χ2n) is 4.59. The van der Waals surface area contributed by atoms with Gasteiger partial charge in [-0.2, -0.15) is 0 Å². The number of nitrogens with zero attached hydrogens (tertiary/aromatic N) is 1. The maximum Gasteiger partial charge on any atom is 0.313 e. The number of carbonyl (C=O) groups excluding carboxylic acids is 2. The predicted octanol–water partition coefficient (Wildman–Crippen LogP) is 2.00. The molecule has 1 fully saturated rings. The maximum absolute atomic E-state index is 13.1. The average Bonchev–Trinajstić information content (AvgIpc) is 2.70. The molecular weight excluding hydrogens is 365 g/mol. The van der Waals surface area contributed by atoms with E-state index in [4.69, 9.17) is 11.6 Å². The molecule has 0 spiro atoms. The summed E-state index contributed by atoms with van der Waals surface area (Å²) in [5, 5.41) is 5.60. The van der Waals surface area contributed by atoms with Crippen LogP contribution < -0.4 is 10.6 Å². The van der Waals surface area contributed by atoms with Crippen LogP contribution in [0.5, 0.6) is 0 Å². The maximum atomic E-state index is 13.1. The van der Waals surface area contributed by atoms with E-state index in [2.05, 4.69) is 26.6 Å². The Kier molecular flexibility index (Phi) is 5.55. The molecule has 0 aromatic heterocycles. The molecule has 0 radical (unpaired) electrons. The van der Waals surface area contributed by atoms with E-state index in [9.17, 15) is 14.0 Å². The van der Waals surface area contributed by atoms with Crippen molar-refractivity contribution < 1.29 is 14.0 Å². The van der Waals surface area contributed by atoms with Gasteiger partial charge in [-0.15, -0.1) is 0 Å². The summed E-state index contributed by atoms with van der Waals surface area (Å²) < 4.78 is 13.4. The monoisotopic (exact) mass is 377 g/mol. The first-order valence-electron chi connectivity index (χ1n) is 6.44. The molecule has 21 heavy (non-hydrogen) atoms. The molecule has 114 valence electrons. The van der Waals surface area contributed by atoms with Gasteiger partial charge in [0.1, 0.15) is 5.82 Å². The van der Waals surface area contributed by atoms with E-state index < -0.39 is 17.6 Å². The van der Waals surface area contributed by atoms with E-state index in [0.717, 1.165) is 19.0 Å². The fourth-order valence-corrected chi connectivity index (χ4v) is 2.92. The highest BCUT2D eigenvalue weighted by Crippen LogP contribution is 2.31. The lowest BCUT2D eigenvalue weighted by Crippen LogP contribution is -2.41. The van der Waals surface area contributed by atoms with Crippen LogP contribution in [0.1, 0.15) is 6.42 Å². The lowest BCUT2D eigenvalue weighted by molar-refractivity contribution is -0.143. The molecule has 1 aromatic carbocycles. The van der Waals surface area contributed by atoms with Crippen molar-refractivity contribution >= 4 is 45.0 Å². The number of hydrogen-bond acceptors (Lipinski definition) is 3. The van der Waals surface area contributed by atoms with Crippen molar-refractivity contribution in [3.05, 3.63) is 27.4 Å². The molecule has 1 aliphatic rings. The highest BCUT2D eigenvalue weighted by atomic mass is 79.9. The molecule has 0 saturated carbocycles. The van der Waals surface area contributed by atoms with Crippen molar-refractivity contribution in [3.63, 3.8) is 0 Å². The molecular formula is C13H14BrClFN3O2. The zero-order valence-corrected chi connectivity index (χ0v) is 13.4. The fraction of sp³-hybridized carbons (Fsp3) is 0.385. The number of halogens is 3. The molecule has 1 aliphatic heterocycles. The Morgan fingerprint density at radius 1 is 1.33 bits per heavy atom. The summed E-state index contributed by atoms with van der Waals surface area (Å²) in [7, 11) is 0. The molecule has 1 heterocycles. The van der Waals surface area contributed by atoms with E-state index in [1.54, 1.807) is 0 Å². The highest BCUT2D eigenvalue weighted by Gasteiger charge is 2.24. The van der Waals surface area contributed by atoms with Crippen LogP contribution in [0.2, 0.25) is 5.02 Å². The van der Waals surface area contributed by atoms with Crippen molar-refractivity contribution in [3.8, 4) is 0 Å². The quantitative estimate of drug-likeness (QED) is 0.735. The Morgan fingerprint density at radius 3 is 2.81 bits per heavy atom. The summed E-state index contributed by atoms with van der Waals surface area (Å²) in [6, 6.07) is 2.24. The summed E-state index contributed by atoms with van der Waals surface area (Å²) in [6.07, 6.45) is 0.792. The van der Waals surface area contributed by atoms with Gasteiger partial charge in [0.05, 0.1) is 10.7 Å². The SMILES string of the molecule is O=C(Nc1c(Cl)cc(F)cc1Br)C(=O)N1CCCNCC1. The normalized spacial score (nSPS) is 15.5. The third-order valence-electron chi connectivity index (χ3n) is 3.07. The Morgan fingerprint density at radius 2 is 2.10 bits per heavy atom. The van der Waals surface area contributed by atoms with E-state index in [1.165, 1.54) is 11.0 Å². The lowest BCUT2D eigenvalue weighted by atomic mass is 10.3. The first-order chi connectivity index (χ1) is 9.99. The van der Waals surface area contributed by atoms with Gasteiger partial charge < -0.3 is 15.5 Å². The van der Waals surface area contributed by atoms with Gasteiger partial charge >= 0.3 is 11.8 Å². The standard InChI is InChI=1S/C13H14BrClFN3O2/c14-9-6-8(16)7-10(15)11(9)18-12(20)13(21)19-4-1-2-17-3-5-19/h6-7,17H,1-5H2,(H,18,20). The van der Waals surface area contributed by atoms with Crippen LogP contribution in [0, 0.1) is 5.82 Å². The number of nitrogens with one attached hydrogen (secondary N) is 2. The van der Waals surface area contributed by atoms with Crippen molar-refractivity contribution in [1.29, 1.82) is 0 Å². The third kappa shape index (κ3) is 4.15. The molecule has 0 atom stereocenters. The summed E-state index contributed by atoms with van der Waals surface area (Å²) in [5.74, 6) is -1.94. The molecule has 2 N–H and O–H groups in total. The lowest BCUT2D eigenvalue weighted by Gasteiger charge is -2.19. The largest absolute Gasteiger partial charge is 0.333 e. The second kappa shape index (κ2) is 7.20. The van der Waals surface area contributed by atoms with Crippen molar-refractivity contribution in [2.75, 3.05) is 31.5 Å². The zero-order valence-electron chi connectivity index (χ0n) is 11.1. The van der Waals surface area contributed by atoms with E-state index in [1.807, 2.05) is 0 Å². The van der Waals surface area contributed by atoms with Crippen LogP contribution in [0.3, 0.4) is 0 Å². The molecule has 0 unspecified atom stereocenters. The van der Waals surface area contributed by atoms with Crippen LogP contribution >= 0.6 is 27.5 Å². The second-order valence-corrected chi connectivity index (χ2v) is 5.86. The van der Waals surface area contributed by atoms with E-state index in [0.29, 0.717) is 19.6 Å². The van der Waals surface area contributed by atoms with Crippen molar-refractivity contribution in [1.82, 2.24) is 10.2 Å². The Hall–Kier alpha value is -1.18. The zero-order chi connectivity index (χ0) is 15.4. The number of benzene rings is 1. The predicted molar refractivity (Wildman–Crippen MR) is 81.8 cm³/mol.